The molecule has 0 aliphatic rings. The van der Waals surface area contributed by atoms with Gasteiger partial charge in [0.2, 0.25) is 10.0 Å². The summed E-state index contributed by atoms with van der Waals surface area (Å²) in [5.41, 5.74) is 6.90. The molecule has 1 unspecified atom stereocenters. The zero-order valence-electron chi connectivity index (χ0n) is 12.3. The predicted octanol–water partition coefficient (Wildman–Crippen LogP) is 1.75. The maximum Gasteiger partial charge on any atom is 0.216 e. The maximum absolute atomic E-state index is 12.2. The van der Waals surface area contributed by atoms with E-state index in [1.54, 1.807) is 24.3 Å². The Labute approximate surface area is 121 Å². The van der Waals surface area contributed by atoms with Crippen LogP contribution in [-0.2, 0) is 20.5 Å². The van der Waals surface area contributed by atoms with E-state index in [9.17, 15) is 8.42 Å². The lowest BCUT2D eigenvalue weighted by Gasteiger charge is -2.22. The molecule has 0 bridgehead atoms. The Hall–Kier alpha value is -1.11. The van der Waals surface area contributed by atoms with Gasteiger partial charge in [0.05, 0.1) is 12.4 Å². The first-order valence-corrected chi connectivity index (χ1v) is 8.41. The standard InChI is InChI=1S/C14H24N2O3S/c1-4-19-9-14(11(2)3)16-20(17,18)10-12-6-5-7-13(15)8-12/h5-8,11,14,16H,4,9-10,15H2,1-3H3. The fourth-order valence-corrected chi connectivity index (χ4v) is 3.29. The van der Waals surface area contributed by atoms with E-state index in [2.05, 4.69) is 4.72 Å². The van der Waals surface area contributed by atoms with Crippen LogP contribution in [0.2, 0.25) is 0 Å². The molecule has 0 radical (unpaired) electrons. The number of nitrogen functional groups attached to an aromatic ring is 1. The first-order valence-electron chi connectivity index (χ1n) is 6.76. The Morgan fingerprint density at radius 1 is 1.35 bits per heavy atom. The molecule has 1 aromatic carbocycles. The van der Waals surface area contributed by atoms with Crippen LogP contribution in [0.25, 0.3) is 0 Å². The first kappa shape index (κ1) is 16.9. The van der Waals surface area contributed by atoms with Gasteiger partial charge < -0.3 is 10.5 Å². The molecule has 1 atom stereocenters. The van der Waals surface area contributed by atoms with E-state index < -0.39 is 10.0 Å². The second-order valence-corrected chi connectivity index (χ2v) is 6.89. The topological polar surface area (TPSA) is 81.4 Å². The molecular formula is C14H24N2O3S. The average Bonchev–Trinajstić information content (AvgIpc) is 2.33. The number of nitrogens with one attached hydrogen (secondary N) is 1. The van der Waals surface area contributed by atoms with E-state index in [1.165, 1.54) is 0 Å². The van der Waals surface area contributed by atoms with Crippen molar-refractivity contribution < 1.29 is 13.2 Å². The zero-order chi connectivity index (χ0) is 15.2. The Kier molecular flexibility index (Phi) is 6.45. The highest BCUT2D eigenvalue weighted by Crippen LogP contribution is 2.11. The fourth-order valence-electron chi connectivity index (χ4n) is 1.78. The molecule has 6 heteroatoms. The second kappa shape index (κ2) is 7.61. The minimum atomic E-state index is -3.41. The van der Waals surface area contributed by atoms with E-state index in [1.807, 2.05) is 20.8 Å². The molecule has 114 valence electrons. The van der Waals surface area contributed by atoms with Crippen LogP contribution >= 0.6 is 0 Å². The lowest BCUT2D eigenvalue weighted by Crippen LogP contribution is -2.42. The maximum atomic E-state index is 12.2. The fraction of sp³-hybridized carbons (Fsp3) is 0.571. The molecule has 0 amide bonds. The molecule has 0 aliphatic carbocycles. The van der Waals surface area contributed by atoms with Crippen molar-refractivity contribution in [2.45, 2.75) is 32.6 Å². The van der Waals surface area contributed by atoms with Crippen molar-refractivity contribution in [1.82, 2.24) is 4.72 Å². The number of rotatable bonds is 8. The largest absolute Gasteiger partial charge is 0.399 e. The number of hydrogen-bond donors (Lipinski definition) is 2. The van der Waals surface area contributed by atoms with E-state index in [0.29, 0.717) is 24.5 Å². The number of sulfonamides is 1. The van der Waals surface area contributed by atoms with Crippen molar-refractivity contribution in [3.05, 3.63) is 29.8 Å². The summed E-state index contributed by atoms with van der Waals surface area (Å²) in [6, 6.07) is 6.69. The summed E-state index contributed by atoms with van der Waals surface area (Å²) >= 11 is 0. The van der Waals surface area contributed by atoms with Gasteiger partial charge >= 0.3 is 0 Å². The molecule has 20 heavy (non-hydrogen) atoms. The smallest absolute Gasteiger partial charge is 0.216 e. The van der Waals surface area contributed by atoms with Gasteiger partial charge in [-0.1, -0.05) is 26.0 Å². The quantitative estimate of drug-likeness (QED) is 0.717. The number of anilines is 1. The Morgan fingerprint density at radius 3 is 2.60 bits per heavy atom. The summed E-state index contributed by atoms with van der Waals surface area (Å²) in [5.74, 6) is 0.0880. The lowest BCUT2D eigenvalue weighted by molar-refractivity contribution is 0.116. The van der Waals surface area contributed by atoms with Gasteiger partial charge in [0.1, 0.15) is 0 Å². The van der Waals surface area contributed by atoms with E-state index >= 15 is 0 Å². The van der Waals surface area contributed by atoms with E-state index in [0.717, 1.165) is 0 Å². The first-order chi connectivity index (χ1) is 9.34. The Morgan fingerprint density at radius 2 is 2.05 bits per heavy atom. The van der Waals surface area contributed by atoms with Crippen LogP contribution in [0.4, 0.5) is 5.69 Å². The summed E-state index contributed by atoms with van der Waals surface area (Å²) < 4.78 is 32.4. The Balaban J connectivity index is 2.72. The molecule has 0 heterocycles. The van der Waals surface area contributed by atoms with E-state index in [4.69, 9.17) is 10.5 Å². The third-order valence-corrected chi connectivity index (χ3v) is 4.32. The number of hydrogen-bond acceptors (Lipinski definition) is 4. The summed E-state index contributed by atoms with van der Waals surface area (Å²) in [6.45, 7) is 6.77. The molecular weight excluding hydrogens is 276 g/mol. The summed E-state index contributed by atoms with van der Waals surface area (Å²) in [7, 11) is -3.41. The SMILES string of the molecule is CCOCC(NS(=O)(=O)Cc1cccc(N)c1)C(C)C. The van der Waals surface area contributed by atoms with Crippen LogP contribution in [0, 0.1) is 5.92 Å². The van der Waals surface area contributed by atoms with Crippen molar-refractivity contribution in [3.8, 4) is 0 Å². The van der Waals surface area contributed by atoms with Gasteiger partial charge in [-0.3, -0.25) is 0 Å². The highest BCUT2D eigenvalue weighted by Gasteiger charge is 2.21. The number of benzene rings is 1. The summed E-state index contributed by atoms with van der Waals surface area (Å²) in [4.78, 5) is 0. The molecule has 5 nitrogen and oxygen atoms in total. The number of nitrogens with two attached hydrogens (primary N) is 1. The van der Waals surface area contributed by atoms with Crippen LogP contribution < -0.4 is 10.5 Å². The molecule has 0 spiro atoms. The second-order valence-electron chi connectivity index (χ2n) is 5.13. The Bertz CT molecular complexity index is 515. The van der Waals surface area contributed by atoms with Crippen molar-refractivity contribution in [3.63, 3.8) is 0 Å². The zero-order valence-corrected chi connectivity index (χ0v) is 13.1. The highest BCUT2D eigenvalue weighted by molar-refractivity contribution is 7.88. The van der Waals surface area contributed by atoms with Gasteiger partial charge in [0.15, 0.2) is 0 Å². The van der Waals surface area contributed by atoms with Gasteiger partial charge in [-0.2, -0.15) is 0 Å². The average molecular weight is 300 g/mol. The van der Waals surface area contributed by atoms with Crippen molar-refractivity contribution in [1.29, 1.82) is 0 Å². The summed E-state index contributed by atoms with van der Waals surface area (Å²) in [6.07, 6.45) is 0. The van der Waals surface area contributed by atoms with E-state index in [-0.39, 0.29) is 17.7 Å². The predicted molar refractivity (Wildman–Crippen MR) is 81.7 cm³/mol. The molecule has 1 rings (SSSR count). The van der Waals surface area contributed by atoms with Gasteiger partial charge in [-0.25, -0.2) is 13.1 Å². The third-order valence-electron chi connectivity index (χ3n) is 2.94. The molecule has 0 aliphatic heterocycles. The molecule has 0 saturated carbocycles. The van der Waals surface area contributed by atoms with Gasteiger partial charge in [0.25, 0.3) is 0 Å². The lowest BCUT2D eigenvalue weighted by atomic mass is 10.1. The third kappa shape index (κ3) is 5.90. The summed E-state index contributed by atoms with van der Waals surface area (Å²) in [5, 5.41) is 0. The molecule has 0 aromatic heterocycles. The normalized spacial score (nSPS) is 13.6. The highest BCUT2D eigenvalue weighted by atomic mass is 32.2. The molecule has 0 fully saturated rings. The van der Waals surface area contributed by atoms with Gasteiger partial charge in [-0.05, 0) is 30.5 Å². The van der Waals surface area contributed by atoms with Crippen LogP contribution in [0.3, 0.4) is 0 Å². The van der Waals surface area contributed by atoms with Crippen LogP contribution in [-0.4, -0.2) is 27.7 Å². The molecule has 0 saturated heterocycles. The molecule has 1 aromatic rings. The number of ether oxygens (including phenoxy) is 1. The molecule has 3 N–H and O–H groups in total. The van der Waals surface area contributed by atoms with Crippen LogP contribution in [0.5, 0.6) is 0 Å². The minimum Gasteiger partial charge on any atom is -0.399 e. The van der Waals surface area contributed by atoms with Gasteiger partial charge in [-0.15, -0.1) is 0 Å². The van der Waals surface area contributed by atoms with Crippen molar-refractivity contribution in [2.24, 2.45) is 5.92 Å². The van der Waals surface area contributed by atoms with Crippen molar-refractivity contribution in [2.75, 3.05) is 18.9 Å². The monoisotopic (exact) mass is 300 g/mol. The van der Waals surface area contributed by atoms with Gasteiger partial charge in [0, 0.05) is 18.3 Å². The van der Waals surface area contributed by atoms with Crippen molar-refractivity contribution >= 4 is 15.7 Å². The van der Waals surface area contributed by atoms with Crippen LogP contribution in [0.1, 0.15) is 26.3 Å². The van der Waals surface area contributed by atoms with Crippen LogP contribution in [0.15, 0.2) is 24.3 Å². The minimum absolute atomic E-state index is 0.0760.